The fraction of sp³-hybridized carbons (Fsp3) is 0.217. The van der Waals surface area contributed by atoms with Gasteiger partial charge in [0.2, 0.25) is 5.91 Å². The molecule has 0 bridgehead atoms. The van der Waals surface area contributed by atoms with Crippen LogP contribution in [0, 0.1) is 0 Å². The monoisotopic (exact) mass is 415 g/mol. The van der Waals surface area contributed by atoms with Crippen LogP contribution in [0.3, 0.4) is 0 Å². The Balaban J connectivity index is 1.57. The minimum absolute atomic E-state index is 0.0961. The molecule has 3 aromatic rings. The smallest absolute Gasteiger partial charge is 0.248 e. The van der Waals surface area contributed by atoms with Gasteiger partial charge in [0.1, 0.15) is 0 Å². The van der Waals surface area contributed by atoms with Crippen LogP contribution in [0.5, 0.6) is 0 Å². The number of nitrogens with one attached hydrogen (secondary N) is 3. The highest BCUT2D eigenvalue weighted by atomic mass is 16.1. The number of carbonyl (C=O) groups excluding carboxylic acids is 1. The highest BCUT2D eigenvalue weighted by molar-refractivity contribution is 5.93. The quantitative estimate of drug-likeness (QED) is 0.523. The molecule has 8 heteroatoms. The Bertz CT molecular complexity index is 1180. The van der Waals surface area contributed by atoms with E-state index in [1.54, 1.807) is 12.1 Å². The van der Waals surface area contributed by atoms with E-state index in [1.165, 1.54) is 16.8 Å². The second-order valence-electron chi connectivity index (χ2n) is 7.99. The molecule has 8 nitrogen and oxygen atoms in total. The molecule has 2 aliphatic rings. The van der Waals surface area contributed by atoms with Crippen molar-refractivity contribution in [3.63, 3.8) is 0 Å². The maximum atomic E-state index is 11.4. The Morgan fingerprint density at radius 1 is 1.19 bits per heavy atom. The van der Waals surface area contributed by atoms with Gasteiger partial charge < -0.3 is 16.5 Å². The molecular weight excluding hydrogens is 390 g/mol. The van der Waals surface area contributed by atoms with Gasteiger partial charge in [-0.05, 0) is 54.8 Å². The van der Waals surface area contributed by atoms with Gasteiger partial charge >= 0.3 is 0 Å². The fourth-order valence-electron chi connectivity index (χ4n) is 4.30. The maximum Gasteiger partial charge on any atom is 0.248 e. The number of aromatic nitrogens is 2. The lowest BCUT2D eigenvalue weighted by atomic mass is 9.93. The number of rotatable bonds is 4. The highest BCUT2D eigenvalue weighted by Crippen LogP contribution is 2.39. The topological polar surface area (TPSA) is 100 Å². The number of benzene rings is 2. The molecule has 1 amide bonds. The Morgan fingerprint density at radius 2 is 2.00 bits per heavy atom. The van der Waals surface area contributed by atoms with Crippen LogP contribution in [0.4, 0.5) is 5.69 Å². The molecule has 1 atom stereocenters. The van der Waals surface area contributed by atoms with Crippen LogP contribution in [-0.2, 0) is 7.05 Å². The van der Waals surface area contributed by atoms with Gasteiger partial charge in [-0.3, -0.25) is 14.5 Å². The number of primary amides is 1. The molecule has 0 aliphatic carbocycles. The van der Waals surface area contributed by atoms with Gasteiger partial charge in [0.05, 0.1) is 23.6 Å². The van der Waals surface area contributed by atoms with Gasteiger partial charge in [-0.1, -0.05) is 12.1 Å². The molecule has 5 N–H and O–H groups in total. The number of aryl methyl sites for hydroxylation is 1. The summed E-state index contributed by atoms with van der Waals surface area (Å²) in [7, 11) is 1.93. The Kier molecular flexibility index (Phi) is 4.63. The van der Waals surface area contributed by atoms with Crippen LogP contribution in [0.15, 0.2) is 60.6 Å². The van der Waals surface area contributed by atoms with E-state index < -0.39 is 5.91 Å². The molecule has 2 aliphatic heterocycles. The number of hydrogen-bond acceptors (Lipinski definition) is 6. The first-order chi connectivity index (χ1) is 15.0. The number of nitrogens with zero attached hydrogens (tertiary/aromatic N) is 3. The highest BCUT2D eigenvalue weighted by Gasteiger charge is 2.30. The molecule has 0 radical (unpaired) electrons. The van der Waals surface area contributed by atoms with Crippen molar-refractivity contribution in [2.45, 2.75) is 19.4 Å². The summed E-state index contributed by atoms with van der Waals surface area (Å²) >= 11 is 0. The fourth-order valence-corrected chi connectivity index (χ4v) is 4.30. The van der Waals surface area contributed by atoms with Crippen LogP contribution < -0.4 is 22.0 Å². The van der Waals surface area contributed by atoms with Crippen LogP contribution in [0.25, 0.3) is 16.8 Å². The van der Waals surface area contributed by atoms with E-state index in [1.807, 2.05) is 36.3 Å². The molecule has 0 saturated carbocycles. The molecular formula is C23H25N7O. The second-order valence-corrected chi connectivity index (χ2v) is 7.99. The molecule has 3 heterocycles. The predicted octanol–water partition coefficient (Wildman–Crippen LogP) is 2.76. The van der Waals surface area contributed by atoms with Crippen molar-refractivity contribution < 1.29 is 4.79 Å². The van der Waals surface area contributed by atoms with Gasteiger partial charge in [-0.15, -0.1) is 5.53 Å². The molecule has 1 unspecified atom stereocenters. The third-order valence-corrected chi connectivity index (χ3v) is 5.88. The number of amides is 1. The number of allylic oxidation sites excluding steroid dienone is 1. The number of anilines is 1. The summed E-state index contributed by atoms with van der Waals surface area (Å²) in [5.41, 5.74) is 20.2. The zero-order chi connectivity index (χ0) is 21.5. The van der Waals surface area contributed by atoms with Crippen molar-refractivity contribution in [2.75, 3.05) is 11.9 Å². The summed E-state index contributed by atoms with van der Waals surface area (Å²) in [4.78, 5) is 11.4. The van der Waals surface area contributed by atoms with Crippen molar-refractivity contribution in [2.24, 2.45) is 12.8 Å². The molecule has 1 aromatic heterocycles. The zero-order valence-electron chi connectivity index (χ0n) is 17.5. The average Bonchev–Trinajstić information content (AvgIpc) is 3.32. The number of hydrogen-bond donors (Lipinski definition) is 4. The Morgan fingerprint density at radius 3 is 2.71 bits per heavy atom. The first-order valence-electron chi connectivity index (χ1n) is 10.3. The summed E-state index contributed by atoms with van der Waals surface area (Å²) in [6.45, 7) is 2.92. The first-order valence-corrected chi connectivity index (χ1v) is 10.3. The van der Waals surface area contributed by atoms with Crippen molar-refractivity contribution >= 4 is 17.3 Å². The molecule has 2 aromatic carbocycles. The van der Waals surface area contributed by atoms with E-state index in [9.17, 15) is 4.79 Å². The second kappa shape index (κ2) is 7.48. The summed E-state index contributed by atoms with van der Waals surface area (Å²) in [6.07, 6.45) is 4.81. The van der Waals surface area contributed by atoms with Gasteiger partial charge in [0.15, 0.2) is 0 Å². The number of carbonyl (C=O) groups is 1. The van der Waals surface area contributed by atoms with Gasteiger partial charge in [0, 0.05) is 42.2 Å². The molecule has 0 fully saturated rings. The number of fused-ring (bicyclic) bond motifs is 3. The molecule has 5 rings (SSSR count). The van der Waals surface area contributed by atoms with Crippen molar-refractivity contribution in [1.82, 2.24) is 25.7 Å². The minimum atomic E-state index is -0.422. The lowest BCUT2D eigenvalue weighted by molar-refractivity contribution is 0.100. The first kappa shape index (κ1) is 19.2. The van der Waals surface area contributed by atoms with Crippen LogP contribution in [0.2, 0.25) is 0 Å². The van der Waals surface area contributed by atoms with E-state index >= 15 is 0 Å². The number of nitrogens with two attached hydrogens (primary N) is 1. The van der Waals surface area contributed by atoms with Crippen LogP contribution >= 0.6 is 0 Å². The van der Waals surface area contributed by atoms with Crippen LogP contribution in [-0.4, -0.2) is 27.2 Å². The van der Waals surface area contributed by atoms with Crippen molar-refractivity contribution in [3.05, 3.63) is 77.2 Å². The Hall–Kier alpha value is -3.78. The average molecular weight is 416 g/mol. The van der Waals surface area contributed by atoms with E-state index in [4.69, 9.17) is 5.73 Å². The van der Waals surface area contributed by atoms with Crippen molar-refractivity contribution in [1.29, 1.82) is 0 Å². The summed E-state index contributed by atoms with van der Waals surface area (Å²) in [6, 6.07) is 14.0. The molecule has 0 spiro atoms. The summed E-state index contributed by atoms with van der Waals surface area (Å²) in [5, 5.41) is 10.1. The number of hydrazine groups is 2. The Labute approximate surface area is 180 Å². The van der Waals surface area contributed by atoms with E-state index in [0.717, 1.165) is 35.5 Å². The van der Waals surface area contributed by atoms with E-state index in [0.29, 0.717) is 5.56 Å². The standard InChI is InChI=1S/C23H25N7O/c1-14-22-19-8-5-16(17-12-25-29(2)13-17)11-20(19)21(9-10-30(22)28-27-14)26-18-6-3-15(4-7-18)23(24)31/h3-8,11-13,21,26-28H,9-10H2,1-2H3,(H2,24,31). The molecule has 158 valence electrons. The molecule has 31 heavy (non-hydrogen) atoms. The van der Waals surface area contributed by atoms with Crippen LogP contribution in [0.1, 0.15) is 40.9 Å². The lowest BCUT2D eigenvalue weighted by Crippen LogP contribution is -2.37. The van der Waals surface area contributed by atoms with Gasteiger partial charge in [-0.2, -0.15) is 5.10 Å². The zero-order valence-corrected chi connectivity index (χ0v) is 17.5. The minimum Gasteiger partial charge on any atom is -0.378 e. The largest absolute Gasteiger partial charge is 0.378 e. The third kappa shape index (κ3) is 3.51. The SMILES string of the molecule is CC1=C2c3ccc(-c4cnn(C)c4)cc3C(Nc3ccc(C(N)=O)cc3)CCN2NN1. The summed E-state index contributed by atoms with van der Waals surface area (Å²) in [5.74, 6) is -0.422. The maximum absolute atomic E-state index is 11.4. The normalized spacial score (nSPS) is 17.6. The van der Waals surface area contributed by atoms with Crippen molar-refractivity contribution in [3.8, 4) is 11.1 Å². The van der Waals surface area contributed by atoms with Gasteiger partial charge in [-0.25, -0.2) is 0 Å². The van der Waals surface area contributed by atoms with Gasteiger partial charge in [0.25, 0.3) is 0 Å². The van der Waals surface area contributed by atoms with E-state index in [2.05, 4.69) is 51.5 Å². The summed E-state index contributed by atoms with van der Waals surface area (Å²) < 4.78 is 1.82. The lowest BCUT2D eigenvalue weighted by Gasteiger charge is -2.21. The van der Waals surface area contributed by atoms with E-state index in [-0.39, 0.29) is 6.04 Å². The third-order valence-electron chi connectivity index (χ3n) is 5.88. The predicted molar refractivity (Wildman–Crippen MR) is 120 cm³/mol. The molecule has 0 saturated heterocycles.